The van der Waals surface area contributed by atoms with E-state index in [2.05, 4.69) is 35.3 Å². The van der Waals surface area contributed by atoms with E-state index >= 15 is 0 Å². The van der Waals surface area contributed by atoms with Crippen LogP contribution in [0.1, 0.15) is 51.9 Å². The van der Waals surface area contributed by atoms with Crippen molar-refractivity contribution in [3.05, 3.63) is 42.5 Å². The molecular weight excluding hydrogens is 348 g/mol. The molecule has 1 heterocycles. The van der Waals surface area contributed by atoms with Gasteiger partial charge in [-0.1, -0.05) is 42.8 Å². The van der Waals surface area contributed by atoms with Crippen molar-refractivity contribution in [2.75, 3.05) is 26.2 Å². The molecule has 0 radical (unpaired) electrons. The summed E-state index contributed by atoms with van der Waals surface area (Å²) in [6, 6.07) is 15.0. The van der Waals surface area contributed by atoms with Crippen LogP contribution in [0, 0.1) is 0 Å². The predicted octanol–water partition coefficient (Wildman–Crippen LogP) is 4.77. The standard InChI is InChI=1S/C24H34N2O2/c1-20-10-4-6-17-26(20)18-7-5-16-25-24(27)15-9-19-28-23-14-8-12-21-11-2-3-13-22(21)23/h2-3,8,11-14,20H,4-7,9-10,15-19H2,1H3,(H,25,27). The molecule has 0 spiro atoms. The Morgan fingerprint density at radius 3 is 2.86 bits per heavy atom. The van der Waals surface area contributed by atoms with Crippen LogP contribution in [-0.4, -0.2) is 43.1 Å². The molecule has 1 fully saturated rings. The van der Waals surface area contributed by atoms with E-state index in [4.69, 9.17) is 4.74 Å². The number of amides is 1. The first-order valence-corrected chi connectivity index (χ1v) is 10.9. The zero-order chi connectivity index (χ0) is 19.6. The number of unbranched alkanes of at least 4 members (excludes halogenated alkanes) is 1. The first-order chi connectivity index (χ1) is 13.7. The fraction of sp³-hybridized carbons (Fsp3) is 0.542. The van der Waals surface area contributed by atoms with E-state index in [1.807, 2.05) is 24.3 Å². The van der Waals surface area contributed by atoms with Crippen molar-refractivity contribution in [2.24, 2.45) is 0 Å². The molecule has 1 aliphatic heterocycles. The van der Waals surface area contributed by atoms with Gasteiger partial charge in [-0.25, -0.2) is 0 Å². The number of rotatable bonds is 10. The summed E-state index contributed by atoms with van der Waals surface area (Å²) in [5, 5.41) is 5.35. The van der Waals surface area contributed by atoms with Crippen LogP contribution in [-0.2, 0) is 4.79 Å². The van der Waals surface area contributed by atoms with E-state index in [1.165, 1.54) is 31.2 Å². The van der Waals surface area contributed by atoms with Crippen LogP contribution in [0.15, 0.2) is 42.5 Å². The number of carbonyl (C=O) groups excluding carboxylic acids is 1. The van der Waals surface area contributed by atoms with Crippen molar-refractivity contribution in [1.82, 2.24) is 10.2 Å². The molecule has 1 atom stereocenters. The maximum absolute atomic E-state index is 12.0. The van der Waals surface area contributed by atoms with E-state index in [0.29, 0.717) is 13.0 Å². The van der Waals surface area contributed by atoms with Crippen LogP contribution < -0.4 is 10.1 Å². The van der Waals surface area contributed by atoms with Gasteiger partial charge in [0.1, 0.15) is 5.75 Å². The van der Waals surface area contributed by atoms with E-state index in [0.717, 1.165) is 49.5 Å². The van der Waals surface area contributed by atoms with Gasteiger partial charge in [0.2, 0.25) is 5.91 Å². The van der Waals surface area contributed by atoms with Gasteiger partial charge in [-0.05, 0) is 63.6 Å². The van der Waals surface area contributed by atoms with Gasteiger partial charge in [-0.2, -0.15) is 0 Å². The predicted molar refractivity (Wildman–Crippen MR) is 116 cm³/mol. The Labute approximate surface area is 169 Å². The van der Waals surface area contributed by atoms with Crippen LogP contribution in [0.4, 0.5) is 0 Å². The Balaban J connectivity index is 1.25. The second-order valence-corrected chi connectivity index (χ2v) is 7.87. The Morgan fingerprint density at radius 2 is 1.96 bits per heavy atom. The molecule has 4 nitrogen and oxygen atoms in total. The average Bonchev–Trinajstić information content (AvgIpc) is 2.72. The molecule has 1 aliphatic rings. The van der Waals surface area contributed by atoms with Crippen LogP contribution in [0.2, 0.25) is 0 Å². The Morgan fingerprint density at radius 1 is 1.11 bits per heavy atom. The minimum Gasteiger partial charge on any atom is -0.493 e. The van der Waals surface area contributed by atoms with Gasteiger partial charge in [0.15, 0.2) is 0 Å². The van der Waals surface area contributed by atoms with Crippen molar-refractivity contribution < 1.29 is 9.53 Å². The molecular formula is C24H34N2O2. The summed E-state index contributed by atoms with van der Waals surface area (Å²) in [7, 11) is 0. The van der Waals surface area contributed by atoms with Crippen molar-refractivity contribution in [2.45, 2.75) is 57.9 Å². The molecule has 1 N–H and O–H groups in total. The van der Waals surface area contributed by atoms with Crippen molar-refractivity contribution in [3.63, 3.8) is 0 Å². The molecule has 2 aromatic rings. The highest BCUT2D eigenvalue weighted by molar-refractivity contribution is 5.88. The number of nitrogens with zero attached hydrogens (tertiary/aromatic N) is 1. The molecule has 1 saturated heterocycles. The fourth-order valence-electron chi connectivity index (χ4n) is 3.98. The molecule has 0 aliphatic carbocycles. The van der Waals surface area contributed by atoms with Gasteiger partial charge < -0.3 is 15.0 Å². The summed E-state index contributed by atoms with van der Waals surface area (Å²) >= 11 is 0. The quantitative estimate of drug-likeness (QED) is 0.602. The molecule has 1 unspecified atom stereocenters. The highest BCUT2D eigenvalue weighted by Gasteiger charge is 2.17. The maximum Gasteiger partial charge on any atom is 0.220 e. The number of likely N-dealkylation sites (tertiary alicyclic amines) is 1. The molecule has 3 rings (SSSR count). The lowest BCUT2D eigenvalue weighted by Crippen LogP contribution is -2.38. The summed E-state index contributed by atoms with van der Waals surface area (Å²) in [6.45, 7) is 6.08. The number of ether oxygens (including phenoxy) is 1. The minimum atomic E-state index is 0.132. The molecule has 4 heteroatoms. The average molecular weight is 383 g/mol. The van der Waals surface area contributed by atoms with Crippen molar-refractivity contribution >= 4 is 16.7 Å². The molecule has 0 aromatic heterocycles. The van der Waals surface area contributed by atoms with E-state index in [1.54, 1.807) is 0 Å². The lowest BCUT2D eigenvalue weighted by Gasteiger charge is -2.33. The highest BCUT2D eigenvalue weighted by Crippen LogP contribution is 2.25. The second-order valence-electron chi connectivity index (χ2n) is 7.87. The van der Waals surface area contributed by atoms with Crippen LogP contribution in [0.5, 0.6) is 5.75 Å². The van der Waals surface area contributed by atoms with Gasteiger partial charge in [0, 0.05) is 24.4 Å². The summed E-state index contributed by atoms with van der Waals surface area (Å²) in [5.74, 6) is 1.03. The van der Waals surface area contributed by atoms with E-state index in [9.17, 15) is 4.79 Å². The first-order valence-electron chi connectivity index (χ1n) is 10.9. The number of hydrogen-bond donors (Lipinski definition) is 1. The van der Waals surface area contributed by atoms with Gasteiger partial charge in [-0.3, -0.25) is 4.79 Å². The number of piperidine rings is 1. The molecule has 2 aromatic carbocycles. The Kier molecular flexibility index (Phi) is 8.16. The normalized spacial score (nSPS) is 17.5. The van der Waals surface area contributed by atoms with Gasteiger partial charge in [-0.15, -0.1) is 0 Å². The lowest BCUT2D eigenvalue weighted by atomic mass is 10.0. The number of nitrogens with one attached hydrogen (secondary N) is 1. The first kappa shape index (κ1) is 20.7. The third kappa shape index (κ3) is 6.23. The van der Waals surface area contributed by atoms with Crippen molar-refractivity contribution in [1.29, 1.82) is 0 Å². The topological polar surface area (TPSA) is 41.6 Å². The number of benzene rings is 2. The number of carbonyl (C=O) groups is 1. The van der Waals surface area contributed by atoms with Crippen LogP contribution in [0.25, 0.3) is 10.8 Å². The van der Waals surface area contributed by atoms with E-state index in [-0.39, 0.29) is 5.91 Å². The zero-order valence-corrected chi connectivity index (χ0v) is 17.2. The maximum atomic E-state index is 12.0. The summed E-state index contributed by atoms with van der Waals surface area (Å²) in [5.41, 5.74) is 0. The minimum absolute atomic E-state index is 0.132. The van der Waals surface area contributed by atoms with Gasteiger partial charge >= 0.3 is 0 Å². The summed E-state index contributed by atoms with van der Waals surface area (Å²) in [6.07, 6.45) is 7.52. The molecule has 0 saturated carbocycles. The lowest BCUT2D eigenvalue weighted by molar-refractivity contribution is -0.121. The van der Waals surface area contributed by atoms with Gasteiger partial charge in [0.25, 0.3) is 0 Å². The highest BCUT2D eigenvalue weighted by atomic mass is 16.5. The van der Waals surface area contributed by atoms with Crippen LogP contribution in [0.3, 0.4) is 0 Å². The molecule has 152 valence electrons. The van der Waals surface area contributed by atoms with E-state index < -0.39 is 0 Å². The fourth-order valence-corrected chi connectivity index (χ4v) is 3.98. The molecule has 28 heavy (non-hydrogen) atoms. The summed E-state index contributed by atoms with van der Waals surface area (Å²) in [4.78, 5) is 14.6. The van der Waals surface area contributed by atoms with Gasteiger partial charge in [0.05, 0.1) is 6.61 Å². The summed E-state index contributed by atoms with van der Waals surface area (Å²) < 4.78 is 5.90. The van der Waals surface area contributed by atoms with Crippen molar-refractivity contribution in [3.8, 4) is 5.75 Å². The second kappa shape index (κ2) is 11.1. The number of hydrogen-bond acceptors (Lipinski definition) is 3. The zero-order valence-electron chi connectivity index (χ0n) is 17.2. The smallest absolute Gasteiger partial charge is 0.220 e. The largest absolute Gasteiger partial charge is 0.493 e. The number of fused-ring (bicyclic) bond motifs is 1. The molecule has 1 amide bonds. The third-order valence-corrected chi connectivity index (χ3v) is 5.69. The Hall–Kier alpha value is -2.07. The Bertz CT molecular complexity index is 741. The third-order valence-electron chi connectivity index (χ3n) is 5.69. The van der Waals surface area contributed by atoms with Crippen LogP contribution >= 0.6 is 0 Å². The monoisotopic (exact) mass is 382 g/mol. The molecule has 0 bridgehead atoms. The SMILES string of the molecule is CC1CCCCN1CCCCNC(=O)CCCOc1cccc2ccccc12.